The summed E-state index contributed by atoms with van der Waals surface area (Å²) in [6.07, 6.45) is -3.20. The average Bonchev–Trinajstić information content (AvgIpc) is 2.73. The van der Waals surface area contributed by atoms with Gasteiger partial charge in [0.1, 0.15) is 23.6 Å². The van der Waals surface area contributed by atoms with Crippen LogP contribution in [0.3, 0.4) is 0 Å². The molecule has 0 saturated carbocycles. The summed E-state index contributed by atoms with van der Waals surface area (Å²) in [5.74, 6) is 0.0821. The predicted molar refractivity (Wildman–Crippen MR) is 97.8 cm³/mol. The van der Waals surface area contributed by atoms with Crippen molar-refractivity contribution in [1.29, 1.82) is 0 Å². The van der Waals surface area contributed by atoms with Crippen LogP contribution in [0.1, 0.15) is 13.2 Å². The molecule has 0 spiro atoms. The molecule has 1 aromatic heterocycles. The van der Waals surface area contributed by atoms with Gasteiger partial charge in [-0.1, -0.05) is 0 Å². The normalized spacial score (nSPS) is 31.2. The zero-order valence-corrected chi connectivity index (χ0v) is 18.4. The molecule has 20 heteroatoms. The number of ether oxygens (including phenoxy) is 1. The van der Waals surface area contributed by atoms with E-state index in [0.29, 0.717) is 0 Å². The molecule has 2 heterocycles. The Hall–Kier alpha value is -0.610. The average molecular weight is 513 g/mol. The molecule has 1 aliphatic heterocycles. The third kappa shape index (κ3) is 6.45. The van der Waals surface area contributed by atoms with Gasteiger partial charge in [0.25, 0.3) is 0 Å². The molecule has 0 bridgehead atoms. The molecule has 1 saturated heterocycles. The Labute approximate surface area is 173 Å². The number of aromatic nitrogens is 2. The molecule has 1 aliphatic rings. The Morgan fingerprint density at radius 3 is 2.40 bits per heavy atom. The van der Waals surface area contributed by atoms with E-state index in [2.05, 4.69) is 18.1 Å². The van der Waals surface area contributed by atoms with Crippen molar-refractivity contribution < 1.29 is 61.4 Å². The standard InChI is InChI=1S/C10H18N3O13P3S/c1-10(15)7(14)5(24-8(10)13-3-2-6(11)12-9(13)30)4-23-28(19,20)26-29(21,22)25-27(16,17)18/h2-3,5,7-8,14-15H,4H2,1H3,(H,19,20)(H,21,22)(H2,11,12,30)(H2,16,17,18)/t5-,7+,8-,10?/m1/s1. The molecular weight excluding hydrogens is 495 g/mol. The zero-order valence-electron chi connectivity index (χ0n) is 14.9. The minimum Gasteiger partial charge on any atom is -0.387 e. The molecule has 0 amide bonds. The Morgan fingerprint density at radius 1 is 1.27 bits per heavy atom. The van der Waals surface area contributed by atoms with Gasteiger partial charge in [-0.15, -0.1) is 0 Å². The van der Waals surface area contributed by atoms with Crippen molar-refractivity contribution in [1.82, 2.24) is 9.55 Å². The number of hydrogen-bond donors (Lipinski definition) is 7. The number of nitrogen functional groups attached to an aromatic ring is 1. The molecule has 0 radical (unpaired) electrons. The van der Waals surface area contributed by atoms with E-state index in [1.54, 1.807) is 0 Å². The van der Waals surface area contributed by atoms with Gasteiger partial charge in [0, 0.05) is 6.20 Å². The van der Waals surface area contributed by atoms with Gasteiger partial charge < -0.3 is 40.3 Å². The molecule has 172 valence electrons. The Balaban J connectivity index is 2.12. The number of anilines is 1. The number of nitrogens with zero attached hydrogens (tertiary/aromatic N) is 2. The van der Waals surface area contributed by atoms with E-state index >= 15 is 0 Å². The molecule has 8 N–H and O–H groups in total. The SMILES string of the molecule is CC1(O)[C@@H](O)[C@@H](COP(=O)(O)OP(=O)(O)OP(=O)(O)O)O[C@H]1n1ccc(N)nc1=S. The van der Waals surface area contributed by atoms with Gasteiger partial charge in [-0.25, -0.2) is 18.7 Å². The fourth-order valence-electron chi connectivity index (χ4n) is 2.45. The van der Waals surface area contributed by atoms with E-state index in [-0.39, 0.29) is 10.6 Å². The summed E-state index contributed by atoms with van der Waals surface area (Å²) >= 11 is 5.01. The first-order valence-electron chi connectivity index (χ1n) is 7.62. The van der Waals surface area contributed by atoms with Gasteiger partial charge in [0.15, 0.2) is 6.23 Å². The van der Waals surface area contributed by atoms with Crippen molar-refractivity contribution >= 4 is 41.5 Å². The first-order valence-corrected chi connectivity index (χ1v) is 12.6. The number of phosphoric acid groups is 3. The lowest BCUT2D eigenvalue weighted by Crippen LogP contribution is -2.44. The monoisotopic (exact) mass is 513 g/mol. The quantitative estimate of drug-likeness (QED) is 0.172. The van der Waals surface area contributed by atoms with E-state index in [4.69, 9.17) is 37.4 Å². The highest BCUT2D eigenvalue weighted by molar-refractivity contribution is 7.71. The van der Waals surface area contributed by atoms with E-state index in [1.807, 2.05) is 0 Å². The van der Waals surface area contributed by atoms with Crippen LogP contribution in [0.2, 0.25) is 0 Å². The van der Waals surface area contributed by atoms with Gasteiger partial charge in [0.05, 0.1) is 6.61 Å². The highest BCUT2D eigenvalue weighted by Crippen LogP contribution is 2.66. The van der Waals surface area contributed by atoms with Crippen molar-refractivity contribution in [2.75, 3.05) is 12.3 Å². The second-order valence-electron chi connectivity index (χ2n) is 6.13. The third-order valence-electron chi connectivity index (χ3n) is 3.68. The summed E-state index contributed by atoms with van der Waals surface area (Å²) in [4.78, 5) is 39.4. The van der Waals surface area contributed by atoms with Crippen LogP contribution < -0.4 is 5.73 Å². The van der Waals surface area contributed by atoms with Gasteiger partial charge in [-0.3, -0.25) is 9.09 Å². The van der Waals surface area contributed by atoms with Crippen LogP contribution in [0.4, 0.5) is 5.82 Å². The topological polar surface area (TPSA) is 253 Å². The lowest BCUT2D eigenvalue weighted by Gasteiger charge is -2.28. The summed E-state index contributed by atoms with van der Waals surface area (Å²) in [5.41, 5.74) is 3.49. The number of hydrogen-bond acceptors (Lipinski definition) is 12. The van der Waals surface area contributed by atoms with E-state index in [1.165, 1.54) is 19.2 Å². The minimum atomic E-state index is -5.70. The van der Waals surface area contributed by atoms with E-state index < -0.39 is 54.1 Å². The molecule has 1 fully saturated rings. The smallest absolute Gasteiger partial charge is 0.387 e. The first kappa shape index (κ1) is 25.6. The van der Waals surface area contributed by atoms with Gasteiger partial charge in [-0.05, 0) is 25.2 Å². The number of aliphatic hydroxyl groups excluding tert-OH is 1. The number of nitrogens with two attached hydrogens (primary N) is 1. The van der Waals surface area contributed by atoms with Crippen LogP contribution in [-0.4, -0.2) is 63.8 Å². The number of phosphoric ester groups is 1. The summed E-state index contributed by atoms with van der Waals surface area (Å²) < 4.78 is 51.7. The minimum absolute atomic E-state index is 0.0821. The third-order valence-corrected chi connectivity index (χ3v) is 7.78. The molecular formula is C10H18N3O13P3S. The number of aliphatic hydroxyl groups is 2. The summed E-state index contributed by atoms with van der Waals surface area (Å²) in [6, 6.07) is 1.33. The van der Waals surface area contributed by atoms with Gasteiger partial charge >= 0.3 is 23.5 Å². The van der Waals surface area contributed by atoms with Crippen LogP contribution in [0.5, 0.6) is 0 Å². The lowest BCUT2D eigenvalue weighted by atomic mass is 9.96. The Morgan fingerprint density at radius 2 is 1.87 bits per heavy atom. The molecule has 6 atom stereocenters. The first-order chi connectivity index (χ1) is 13.4. The molecule has 30 heavy (non-hydrogen) atoms. The van der Waals surface area contributed by atoms with Gasteiger partial charge in [0.2, 0.25) is 4.77 Å². The van der Waals surface area contributed by atoms with E-state index in [0.717, 1.165) is 4.57 Å². The van der Waals surface area contributed by atoms with Crippen molar-refractivity contribution in [3.8, 4) is 0 Å². The van der Waals surface area contributed by atoms with Crippen molar-refractivity contribution in [2.45, 2.75) is 31.0 Å². The lowest BCUT2D eigenvalue weighted by molar-refractivity contribution is -0.0977. The van der Waals surface area contributed by atoms with Crippen LogP contribution in [-0.2, 0) is 31.6 Å². The predicted octanol–water partition coefficient (Wildman–Crippen LogP) is -0.453. The maximum Gasteiger partial charge on any atom is 0.490 e. The molecule has 0 aliphatic carbocycles. The summed E-state index contributed by atoms with van der Waals surface area (Å²) in [7, 11) is -16.7. The van der Waals surface area contributed by atoms with Crippen molar-refractivity contribution in [3.63, 3.8) is 0 Å². The zero-order chi connectivity index (χ0) is 23.1. The maximum atomic E-state index is 11.8. The summed E-state index contributed by atoms with van der Waals surface area (Å²) in [6.45, 7) is 0.207. The fraction of sp³-hybridized carbons (Fsp3) is 0.600. The molecule has 2 rings (SSSR count). The second-order valence-corrected chi connectivity index (χ2v) is 10.9. The fourth-order valence-corrected chi connectivity index (χ4v) is 5.74. The van der Waals surface area contributed by atoms with Crippen molar-refractivity contribution in [2.24, 2.45) is 0 Å². The van der Waals surface area contributed by atoms with Crippen LogP contribution in [0.25, 0.3) is 0 Å². The van der Waals surface area contributed by atoms with Crippen LogP contribution in [0.15, 0.2) is 12.3 Å². The number of rotatable bonds is 8. The van der Waals surface area contributed by atoms with Crippen molar-refractivity contribution in [3.05, 3.63) is 17.0 Å². The highest BCUT2D eigenvalue weighted by Gasteiger charge is 2.54. The Bertz CT molecular complexity index is 995. The van der Waals surface area contributed by atoms with Crippen LogP contribution in [0, 0.1) is 4.77 Å². The Kier molecular flexibility index (Phi) is 7.46. The maximum absolute atomic E-state index is 11.8. The highest BCUT2D eigenvalue weighted by atomic mass is 32.1. The van der Waals surface area contributed by atoms with Gasteiger partial charge in [-0.2, -0.15) is 8.62 Å². The molecule has 0 aromatic carbocycles. The molecule has 16 nitrogen and oxygen atoms in total. The summed E-state index contributed by atoms with van der Waals surface area (Å²) in [5, 5.41) is 20.9. The largest absolute Gasteiger partial charge is 0.490 e. The molecule has 1 aromatic rings. The second kappa shape index (κ2) is 8.73. The van der Waals surface area contributed by atoms with E-state index in [9.17, 15) is 28.8 Å². The van der Waals surface area contributed by atoms with Crippen LogP contribution >= 0.6 is 35.7 Å². The molecule has 3 unspecified atom stereocenters.